The number of ether oxygens (including phenoxy) is 1. The lowest BCUT2D eigenvalue weighted by Gasteiger charge is -2.11. The van der Waals surface area contributed by atoms with E-state index in [-0.39, 0.29) is 11.9 Å². The van der Waals surface area contributed by atoms with E-state index in [1.165, 1.54) is 0 Å². The van der Waals surface area contributed by atoms with Gasteiger partial charge in [0.25, 0.3) is 5.91 Å². The van der Waals surface area contributed by atoms with Crippen molar-refractivity contribution in [1.29, 1.82) is 0 Å². The molecule has 0 aliphatic heterocycles. The van der Waals surface area contributed by atoms with Crippen LogP contribution in [0.15, 0.2) is 97.1 Å². The topological polar surface area (TPSA) is 73.2 Å². The first kappa shape index (κ1) is 25.2. The molecule has 0 spiro atoms. The van der Waals surface area contributed by atoms with Gasteiger partial charge in [-0.2, -0.15) is 0 Å². The third kappa shape index (κ3) is 5.61. The molecule has 0 fully saturated rings. The van der Waals surface area contributed by atoms with Crippen LogP contribution in [0.3, 0.4) is 0 Å². The number of hydrogen-bond donors (Lipinski definition) is 1. The van der Waals surface area contributed by atoms with Gasteiger partial charge in [-0.15, -0.1) is 0 Å². The summed E-state index contributed by atoms with van der Waals surface area (Å²) in [5, 5.41) is 3.60. The molecule has 38 heavy (non-hydrogen) atoms. The van der Waals surface area contributed by atoms with Gasteiger partial charge in [-0.05, 0) is 60.5 Å². The van der Waals surface area contributed by atoms with Gasteiger partial charge in [0.1, 0.15) is 5.82 Å². The molecule has 0 radical (unpaired) electrons. The number of fused-ring (bicyclic) bond motifs is 1. The molecule has 5 aromatic rings. The Bertz CT molecular complexity index is 1580. The van der Waals surface area contributed by atoms with Crippen LogP contribution in [0, 0.1) is 0 Å². The molecule has 4 aromatic carbocycles. The number of halogens is 1. The number of esters is 1. The van der Waals surface area contributed by atoms with Gasteiger partial charge >= 0.3 is 5.97 Å². The number of carbonyl (C=O) groups is 2. The molecule has 7 heteroatoms. The van der Waals surface area contributed by atoms with E-state index < -0.39 is 0 Å². The van der Waals surface area contributed by atoms with Gasteiger partial charge in [0.15, 0.2) is 0 Å². The number of hydrogen-bond acceptors (Lipinski definition) is 4. The van der Waals surface area contributed by atoms with E-state index in [0.29, 0.717) is 41.4 Å². The monoisotopic (exact) mass is 523 g/mol. The molecule has 0 atom stereocenters. The molecule has 1 heterocycles. The lowest BCUT2D eigenvalue weighted by molar-refractivity contribution is 0.0526. The first-order chi connectivity index (χ1) is 18.5. The fraction of sp³-hybridized carbons (Fsp3) is 0.129. The van der Waals surface area contributed by atoms with Gasteiger partial charge in [-0.1, -0.05) is 66.2 Å². The van der Waals surface area contributed by atoms with Crippen molar-refractivity contribution in [1.82, 2.24) is 14.9 Å². The Kier molecular flexibility index (Phi) is 7.52. The number of rotatable bonds is 8. The number of nitrogens with zero attached hydrogens (tertiary/aromatic N) is 2. The second kappa shape index (κ2) is 11.3. The number of benzene rings is 4. The summed E-state index contributed by atoms with van der Waals surface area (Å²) in [5.41, 5.74) is 5.58. The van der Waals surface area contributed by atoms with Crippen molar-refractivity contribution in [2.75, 3.05) is 6.61 Å². The van der Waals surface area contributed by atoms with E-state index in [9.17, 15) is 9.59 Å². The van der Waals surface area contributed by atoms with Gasteiger partial charge in [0, 0.05) is 29.2 Å². The Hall–Kier alpha value is -4.42. The third-order valence-electron chi connectivity index (χ3n) is 6.21. The molecule has 1 aromatic heterocycles. The minimum Gasteiger partial charge on any atom is -0.462 e. The Morgan fingerprint density at radius 3 is 2.29 bits per heavy atom. The highest BCUT2D eigenvalue weighted by Gasteiger charge is 2.16. The van der Waals surface area contributed by atoms with Crippen molar-refractivity contribution in [2.45, 2.75) is 20.0 Å². The van der Waals surface area contributed by atoms with Crippen molar-refractivity contribution < 1.29 is 14.3 Å². The second-order valence-corrected chi connectivity index (χ2v) is 9.25. The lowest BCUT2D eigenvalue weighted by Crippen LogP contribution is -2.22. The van der Waals surface area contributed by atoms with E-state index in [0.717, 1.165) is 28.0 Å². The predicted molar refractivity (Wildman–Crippen MR) is 149 cm³/mol. The second-order valence-electron chi connectivity index (χ2n) is 8.82. The standard InChI is InChI=1S/C31H26ClN3O3/c1-2-38-31(37)25-14-17-28-27(18-25)34-29(35(28)20-22-6-4-3-5-7-22)23-10-12-24(13-11-23)30(36)33-19-21-8-15-26(32)16-9-21/h3-18H,2,19-20H2,1H3,(H,33,36). The lowest BCUT2D eigenvalue weighted by atomic mass is 10.1. The highest BCUT2D eigenvalue weighted by atomic mass is 35.5. The maximum Gasteiger partial charge on any atom is 0.338 e. The summed E-state index contributed by atoms with van der Waals surface area (Å²) >= 11 is 5.94. The van der Waals surface area contributed by atoms with E-state index in [2.05, 4.69) is 22.0 Å². The van der Waals surface area contributed by atoms with Crippen molar-refractivity contribution in [2.24, 2.45) is 0 Å². The van der Waals surface area contributed by atoms with Gasteiger partial charge in [0.2, 0.25) is 0 Å². The molecule has 0 aliphatic carbocycles. The normalized spacial score (nSPS) is 10.9. The summed E-state index contributed by atoms with van der Waals surface area (Å²) in [7, 11) is 0. The largest absolute Gasteiger partial charge is 0.462 e. The summed E-state index contributed by atoms with van der Waals surface area (Å²) < 4.78 is 7.29. The zero-order chi connectivity index (χ0) is 26.5. The van der Waals surface area contributed by atoms with Crippen molar-refractivity contribution in [3.8, 4) is 11.4 Å². The Labute approximate surface area is 225 Å². The molecule has 0 aliphatic rings. The first-order valence-electron chi connectivity index (χ1n) is 12.4. The van der Waals surface area contributed by atoms with Crippen molar-refractivity contribution in [3.05, 3.63) is 124 Å². The molecule has 1 N–H and O–H groups in total. The molecule has 0 saturated heterocycles. The summed E-state index contributed by atoms with van der Waals surface area (Å²) in [6.07, 6.45) is 0. The average Bonchev–Trinajstić information content (AvgIpc) is 3.30. The third-order valence-corrected chi connectivity index (χ3v) is 6.47. The zero-order valence-electron chi connectivity index (χ0n) is 20.9. The van der Waals surface area contributed by atoms with E-state index in [4.69, 9.17) is 21.3 Å². The van der Waals surface area contributed by atoms with Crippen LogP contribution in [0.25, 0.3) is 22.4 Å². The predicted octanol–water partition coefficient (Wildman–Crippen LogP) is 6.51. The maximum absolute atomic E-state index is 12.7. The van der Waals surface area contributed by atoms with E-state index in [1.807, 2.05) is 48.5 Å². The van der Waals surface area contributed by atoms with Crippen LogP contribution in [0.5, 0.6) is 0 Å². The molecule has 1 amide bonds. The Balaban J connectivity index is 1.44. The molecule has 0 saturated carbocycles. The Morgan fingerprint density at radius 2 is 1.58 bits per heavy atom. The quantitative estimate of drug-likeness (QED) is 0.235. The van der Waals surface area contributed by atoms with Crippen LogP contribution in [-0.2, 0) is 17.8 Å². The molecule has 190 valence electrons. The summed E-state index contributed by atoms with van der Waals surface area (Å²) in [6, 6.07) is 30.3. The Morgan fingerprint density at radius 1 is 0.868 bits per heavy atom. The summed E-state index contributed by atoms with van der Waals surface area (Å²) in [6.45, 7) is 3.11. The minimum atomic E-state index is -0.373. The smallest absolute Gasteiger partial charge is 0.338 e. The zero-order valence-corrected chi connectivity index (χ0v) is 21.6. The number of nitrogens with one attached hydrogen (secondary N) is 1. The van der Waals surface area contributed by atoms with E-state index in [1.54, 1.807) is 43.3 Å². The SMILES string of the molecule is CCOC(=O)c1ccc2c(c1)nc(-c1ccc(C(=O)NCc3ccc(Cl)cc3)cc1)n2Cc1ccccc1. The molecular formula is C31H26ClN3O3. The molecule has 5 rings (SSSR count). The highest BCUT2D eigenvalue weighted by Crippen LogP contribution is 2.27. The van der Waals surface area contributed by atoms with Crippen molar-refractivity contribution >= 4 is 34.5 Å². The van der Waals surface area contributed by atoms with Crippen molar-refractivity contribution in [3.63, 3.8) is 0 Å². The first-order valence-corrected chi connectivity index (χ1v) is 12.7. The maximum atomic E-state index is 12.7. The number of imidazole rings is 1. The molecule has 6 nitrogen and oxygen atoms in total. The van der Waals surface area contributed by atoms with Gasteiger partial charge in [-0.3, -0.25) is 4.79 Å². The number of aromatic nitrogens is 2. The van der Waals surface area contributed by atoms with Gasteiger partial charge in [0.05, 0.1) is 23.2 Å². The van der Waals surface area contributed by atoms with Gasteiger partial charge < -0.3 is 14.6 Å². The number of carbonyl (C=O) groups excluding carboxylic acids is 2. The van der Waals surface area contributed by atoms with Crippen LogP contribution < -0.4 is 5.32 Å². The van der Waals surface area contributed by atoms with E-state index >= 15 is 0 Å². The van der Waals surface area contributed by atoms with Gasteiger partial charge in [-0.25, -0.2) is 9.78 Å². The molecular weight excluding hydrogens is 498 g/mol. The van der Waals surface area contributed by atoms with Crippen LogP contribution in [0.4, 0.5) is 0 Å². The summed E-state index contributed by atoms with van der Waals surface area (Å²) in [4.78, 5) is 29.9. The van der Waals surface area contributed by atoms with Crippen LogP contribution in [0.2, 0.25) is 5.02 Å². The van der Waals surface area contributed by atoms with Crippen LogP contribution in [0.1, 0.15) is 38.8 Å². The van der Waals surface area contributed by atoms with Crippen LogP contribution in [-0.4, -0.2) is 28.0 Å². The summed E-state index contributed by atoms with van der Waals surface area (Å²) in [5.74, 6) is 0.212. The minimum absolute atomic E-state index is 0.164. The molecule has 0 unspecified atom stereocenters. The average molecular weight is 524 g/mol. The fourth-order valence-corrected chi connectivity index (χ4v) is 4.40. The fourth-order valence-electron chi connectivity index (χ4n) is 4.27. The van der Waals surface area contributed by atoms with Crippen LogP contribution >= 0.6 is 11.6 Å². The highest BCUT2D eigenvalue weighted by molar-refractivity contribution is 6.30. The number of amides is 1. The molecule has 0 bridgehead atoms.